The highest BCUT2D eigenvalue weighted by Crippen LogP contribution is 2.22. The predicted octanol–water partition coefficient (Wildman–Crippen LogP) is 4.40. The zero-order valence-corrected chi connectivity index (χ0v) is 16.9. The molecular weight excluding hydrogens is 380 g/mol. The Morgan fingerprint density at radius 2 is 2.03 bits per heavy atom. The average Bonchev–Trinajstić information content (AvgIpc) is 3.24. The molecule has 1 aliphatic heterocycles. The van der Waals surface area contributed by atoms with Crippen molar-refractivity contribution in [2.24, 2.45) is 0 Å². The summed E-state index contributed by atoms with van der Waals surface area (Å²) in [6, 6.07) is 17.3. The molecule has 1 unspecified atom stereocenters. The van der Waals surface area contributed by atoms with Gasteiger partial charge in [0.2, 0.25) is 5.89 Å². The average molecular weight is 406 g/mol. The van der Waals surface area contributed by atoms with E-state index >= 15 is 0 Å². The molecule has 1 aliphatic rings. The molecule has 0 bridgehead atoms. The Morgan fingerprint density at radius 3 is 2.87 bits per heavy atom. The first-order chi connectivity index (χ1) is 14.7. The molecule has 1 atom stereocenters. The Hall–Kier alpha value is -3.12. The van der Waals surface area contributed by atoms with E-state index in [1.54, 1.807) is 6.26 Å². The minimum absolute atomic E-state index is 0.394. The number of carboxylic acid groups (broad SMARTS) is 1. The maximum Gasteiger partial charge on any atom is 0.320 e. The number of nitrogens with zero attached hydrogens (tertiary/aromatic N) is 2. The van der Waals surface area contributed by atoms with Crippen molar-refractivity contribution >= 4 is 5.97 Å². The molecule has 2 heterocycles. The zero-order valence-electron chi connectivity index (χ0n) is 16.9. The number of aliphatic carboxylic acids is 1. The third kappa shape index (κ3) is 5.07. The number of carbonyl (C=O) groups is 1. The van der Waals surface area contributed by atoms with E-state index in [4.69, 9.17) is 9.15 Å². The van der Waals surface area contributed by atoms with Crippen LogP contribution in [0.3, 0.4) is 0 Å². The van der Waals surface area contributed by atoms with Crippen molar-refractivity contribution in [1.82, 2.24) is 9.88 Å². The first-order valence-corrected chi connectivity index (χ1v) is 10.4. The van der Waals surface area contributed by atoms with Gasteiger partial charge in [-0.1, -0.05) is 36.8 Å². The first kappa shape index (κ1) is 20.2. The normalized spacial score (nSPS) is 17.0. The second-order valence-corrected chi connectivity index (χ2v) is 7.58. The zero-order chi connectivity index (χ0) is 20.8. The third-order valence-corrected chi connectivity index (χ3v) is 5.38. The van der Waals surface area contributed by atoms with Crippen molar-refractivity contribution < 1.29 is 19.1 Å². The Kier molecular flexibility index (Phi) is 6.44. The largest absolute Gasteiger partial charge is 0.493 e. The van der Waals surface area contributed by atoms with Gasteiger partial charge in [0.05, 0.1) is 12.3 Å². The minimum atomic E-state index is -0.732. The summed E-state index contributed by atoms with van der Waals surface area (Å²) in [7, 11) is 0. The molecule has 6 heteroatoms. The van der Waals surface area contributed by atoms with Crippen LogP contribution in [0.2, 0.25) is 0 Å². The molecule has 1 aromatic heterocycles. The van der Waals surface area contributed by atoms with E-state index in [-0.39, 0.29) is 0 Å². The lowest BCUT2D eigenvalue weighted by Gasteiger charge is -2.32. The van der Waals surface area contributed by atoms with Crippen molar-refractivity contribution in [2.75, 3.05) is 13.2 Å². The number of rotatable bonds is 8. The van der Waals surface area contributed by atoms with E-state index in [0.29, 0.717) is 31.9 Å². The van der Waals surface area contributed by atoms with Gasteiger partial charge in [0.25, 0.3) is 0 Å². The summed E-state index contributed by atoms with van der Waals surface area (Å²) in [5.74, 6) is 0.662. The summed E-state index contributed by atoms with van der Waals surface area (Å²) in [4.78, 5) is 18.1. The molecule has 0 aliphatic carbocycles. The summed E-state index contributed by atoms with van der Waals surface area (Å²) < 4.78 is 11.5. The first-order valence-electron chi connectivity index (χ1n) is 10.4. The van der Waals surface area contributed by atoms with Crippen LogP contribution in [0.25, 0.3) is 11.5 Å². The fourth-order valence-corrected chi connectivity index (χ4v) is 3.84. The second-order valence-electron chi connectivity index (χ2n) is 7.58. The molecule has 1 saturated heterocycles. The Bertz CT molecular complexity index is 970. The summed E-state index contributed by atoms with van der Waals surface area (Å²) >= 11 is 0. The highest BCUT2D eigenvalue weighted by Gasteiger charge is 2.28. The van der Waals surface area contributed by atoms with Gasteiger partial charge >= 0.3 is 5.97 Å². The second kappa shape index (κ2) is 9.59. The van der Waals surface area contributed by atoms with Gasteiger partial charge in [0, 0.05) is 18.5 Å². The molecule has 0 amide bonds. The predicted molar refractivity (Wildman–Crippen MR) is 113 cm³/mol. The van der Waals surface area contributed by atoms with Gasteiger partial charge in [-0.25, -0.2) is 4.98 Å². The number of benzene rings is 2. The number of carboxylic acids is 1. The van der Waals surface area contributed by atoms with E-state index in [1.165, 1.54) is 0 Å². The highest BCUT2D eigenvalue weighted by atomic mass is 16.5. The van der Waals surface area contributed by atoms with Gasteiger partial charge in [-0.05, 0) is 49.2 Å². The van der Waals surface area contributed by atoms with Gasteiger partial charge in [0.15, 0.2) is 0 Å². The molecule has 1 N–H and O–H groups in total. The molecule has 6 nitrogen and oxygen atoms in total. The molecule has 2 aromatic carbocycles. The summed E-state index contributed by atoms with van der Waals surface area (Å²) in [5, 5.41) is 9.46. The number of ether oxygens (including phenoxy) is 1. The summed E-state index contributed by atoms with van der Waals surface area (Å²) in [6.45, 7) is 1.93. The molecule has 156 valence electrons. The smallest absolute Gasteiger partial charge is 0.320 e. The van der Waals surface area contributed by atoms with Crippen LogP contribution in [-0.2, 0) is 17.8 Å². The Morgan fingerprint density at radius 1 is 1.17 bits per heavy atom. The highest BCUT2D eigenvalue weighted by molar-refractivity contribution is 5.73. The lowest BCUT2D eigenvalue weighted by molar-refractivity contribution is -0.144. The van der Waals surface area contributed by atoms with Crippen LogP contribution in [0.15, 0.2) is 65.3 Å². The van der Waals surface area contributed by atoms with E-state index in [2.05, 4.69) is 4.98 Å². The van der Waals surface area contributed by atoms with E-state index in [0.717, 1.165) is 42.0 Å². The quantitative estimate of drug-likeness (QED) is 0.597. The van der Waals surface area contributed by atoms with Crippen LogP contribution in [0.1, 0.15) is 30.5 Å². The van der Waals surface area contributed by atoms with Crippen molar-refractivity contribution in [1.29, 1.82) is 0 Å². The van der Waals surface area contributed by atoms with Crippen LogP contribution in [0, 0.1) is 0 Å². The number of hydrogen-bond acceptors (Lipinski definition) is 5. The molecule has 1 fully saturated rings. The minimum Gasteiger partial charge on any atom is -0.493 e. The molecule has 3 aromatic rings. The fourth-order valence-electron chi connectivity index (χ4n) is 3.84. The van der Waals surface area contributed by atoms with Crippen molar-refractivity contribution in [3.05, 3.63) is 72.1 Å². The van der Waals surface area contributed by atoms with Crippen LogP contribution >= 0.6 is 0 Å². The summed E-state index contributed by atoms with van der Waals surface area (Å²) in [5.41, 5.74) is 2.87. The molecular formula is C24H26N2O4. The third-order valence-electron chi connectivity index (χ3n) is 5.38. The number of likely N-dealkylation sites (tertiary alicyclic amines) is 1. The number of piperidine rings is 1. The van der Waals surface area contributed by atoms with E-state index in [9.17, 15) is 9.90 Å². The number of hydrogen-bond donors (Lipinski definition) is 1. The van der Waals surface area contributed by atoms with Crippen molar-refractivity contribution in [3.63, 3.8) is 0 Å². The number of oxazole rings is 1. The van der Waals surface area contributed by atoms with Gasteiger partial charge < -0.3 is 14.3 Å². The lowest BCUT2D eigenvalue weighted by Crippen LogP contribution is -2.43. The standard InChI is InChI=1S/C24H26N2O4/c27-24(28)22-11-4-5-13-26(22)16-18-7-6-10-21(15-18)29-14-12-20-17-30-23(25-20)19-8-2-1-3-9-19/h1-3,6-10,15,17,22H,4-5,11-14,16H2,(H,27,28). The van der Waals surface area contributed by atoms with Crippen molar-refractivity contribution in [3.8, 4) is 17.2 Å². The maximum absolute atomic E-state index is 11.5. The van der Waals surface area contributed by atoms with Crippen LogP contribution < -0.4 is 4.74 Å². The molecule has 4 rings (SSSR count). The van der Waals surface area contributed by atoms with Gasteiger partial charge in [-0.2, -0.15) is 0 Å². The van der Waals surface area contributed by atoms with Crippen molar-refractivity contribution in [2.45, 2.75) is 38.3 Å². The Balaban J connectivity index is 1.32. The summed E-state index contributed by atoms with van der Waals surface area (Å²) in [6.07, 6.45) is 5.06. The maximum atomic E-state index is 11.5. The molecule has 30 heavy (non-hydrogen) atoms. The van der Waals surface area contributed by atoms with E-state index < -0.39 is 12.0 Å². The van der Waals surface area contributed by atoms with Crippen LogP contribution in [0.5, 0.6) is 5.75 Å². The molecule has 0 spiro atoms. The SMILES string of the molecule is O=C(O)C1CCCCN1Cc1cccc(OCCc2coc(-c3ccccc3)n2)c1. The van der Waals surface area contributed by atoms with Gasteiger partial charge in [-0.3, -0.25) is 9.69 Å². The van der Waals surface area contributed by atoms with Gasteiger partial charge in [-0.15, -0.1) is 0 Å². The van der Waals surface area contributed by atoms with E-state index in [1.807, 2.05) is 59.5 Å². The number of aromatic nitrogens is 1. The monoisotopic (exact) mass is 406 g/mol. The fraction of sp³-hybridized carbons (Fsp3) is 0.333. The topological polar surface area (TPSA) is 75.8 Å². The Labute approximate surface area is 176 Å². The van der Waals surface area contributed by atoms with Gasteiger partial charge in [0.1, 0.15) is 18.1 Å². The molecule has 0 saturated carbocycles. The van der Waals surface area contributed by atoms with Crippen LogP contribution in [-0.4, -0.2) is 40.2 Å². The molecule has 0 radical (unpaired) electrons. The van der Waals surface area contributed by atoms with Crippen LogP contribution in [0.4, 0.5) is 0 Å². The lowest BCUT2D eigenvalue weighted by atomic mass is 10.0.